The van der Waals surface area contributed by atoms with E-state index in [9.17, 15) is 40.7 Å². The highest BCUT2D eigenvalue weighted by Gasteiger charge is 2.37. The molecule has 3 N–H and O–H groups in total. The molecular formula is C95H98ClF6N13O7. The van der Waals surface area contributed by atoms with Crippen molar-refractivity contribution in [1.29, 1.82) is 0 Å². The summed E-state index contributed by atoms with van der Waals surface area (Å²) in [6.45, 7) is 14.6. The summed E-state index contributed by atoms with van der Waals surface area (Å²) in [4.78, 5) is 76.7. The average Bonchev–Trinajstić information content (AvgIpc) is 1.68. The maximum atomic E-state index is 14.9. The van der Waals surface area contributed by atoms with Gasteiger partial charge in [-0.3, -0.25) is 24.4 Å². The Morgan fingerprint density at radius 3 is 1.14 bits per heavy atom. The first-order chi connectivity index (χ1) is 58.8. The summed E-state index contributed by atoms with van der Waals surface area (Å²) >= 11 is 6.32. The molecule has 0 radical (unpaired) electrons. The van der Waals surface area contributed by atoms with Crippen LogP contribution in [0.1, 0.15) is 181 Å². The van der Waals surface area contributed by atoms with Gasteiger partial charge in [0.15, 0.2) is 0 Å². The molecule has 20 nitrogen and oxygen atoms in total. The molecule has 17 rings (SSSR count). The second-order valence-corrected chi connectivity index (χ2v) is 32.3. The third-order valence-corrected chi connectivity index (χ3v) is 24.0. The Balaban J connectivity index is 0.000000140. The fourth-order valence-electron chi connectivity index (χ4n) is 17.7. The number of nitrogen functional groups attached to an aromatic ring is 1. The molecule has 0 saturated carbocycles. The highest BCUT2D eigenvalue weighted by Crippen LogP contribution is 2.41. The molecule has 0 bridgehead atoms. The summed E-state index contributed by atoms with van der Waals surface area (Å²) in [5.41, 5.74) is 15.6. The molecule has 6 aliphatic heterocycles. The predicted octanol–water partition coefficient (Wildman–Crippen LogP) is 19.3. The van der Waals surface area contributed by atoms with Crippen molar-refractivity contribution in [3.8, 4) is 56.8 Å². The number of anilines is 4. The van der Waals surface area contributed by atoms with Gasteiger partial charge in [-0.2, -0.15) is 0 Å². The summed E-state index contributed by atoms with van der Waals surface area (Å²) in [7, 11) is 6.24. The average molecular weight is 1680 g/mol. The zero-order valence-electron chi connectivity index (χ0n) is 69.9. The molecule has 0 aliphatic carbocycles. The minimum absolute atomic E-state index is 0.0472. The van der Waals surface area contributed by atoms with Crippen LogP contribution >= 0.6 is 11.6 Å². The molecule has 5 aromatic carbocycles. The Morgan fingerprint density at radius 2 is 0.770 bits per heavy atom. The molecule has 3 fully saturated rings. The van der Waals surface area contributed by atoms with Crippen LogP contribution in [0.2, 0.25) is 5.02 Å². The summed E-state index contributed by atoms with van der Waals surface area (Å²) in [6, 6.07) is 41.4. The zero-order valence-corrected chi connectivity index (χ0v) is 70.6. The van der Waals surface area contributed by atoms with Crippen LogP contribution < -0.4 is 44.7 Å². The number of aromatic nitrogens is 6. The maximum Gasteiger partial charge on any atom is 0.257 e. The van der Waals surface area contributed by atoms with E-state index in [0.29, 0.717) is 117 Å². The van der Waals surface area contributed by atoms with Crippen molar-refractivity contribution in [2.45, 2.75) is 181 Å². The molecule has 6 atom stereocenters. The lowest BCUT2D eigenvalue weighted by atomic mass is 9.96. The lowest BCUT2D eigenvalue weighted by molar-refractivity contribution is 0.0757. The summed E-state index contributed by atoms with van der Waals surface area (Å²) in [6.07, 6.45) is 17.3. The topological polar surface area (TPSA) is 220 Å². The van der Waals surface area contributed by atoms with Gasteiger partial charge in [0.05, 0.1) is 169 Å². The van der Waals surface area contributed by atoms with Crippen LogP contribution in [0.25, 0.3) is 33.8 Å². The molecule has 27 heteroatoms. The van der Waals surface area contributed by atoms with Crippen LogP contribution in [0.4, 0.5) is 49.2 Å². The van der Waals surface area contributed by atoms with E-state index in [1.807, 2.05) is 55.0 Å². The van der Waals surface area contributed by atoms with Gasteiger partial charge in [-0.25, -0.2) is 46.3 Å². The Kier molecular flexibility index (Phi) is 26.6. The van der Waals surface area contributed by atoms with E-state index >= 15 is 0 Å². The van der Waals surface area contributed by atoms with Crippen molar-refractivity contribution in [2.24, 2.45) is 0 Å². The zero-order chi connectivity index (χ0) is 86.3. The third-order valence-electron chi connectivity index (χ3n) is 23.7. The van der Waals surface area contributed by atoms with E-state index in [4.69, 9.17) is 41.3 Å². The van der Waals surface area contributed by atoms with E-state index in [0.717, 1.165) is 58.9 Å². The van der Waals surface area contributed by atoms with Gasteiger partial charge in [0, 0.05) is 83.7 Å². The minimum atomic E-state index is -0.748. The van der Waals surface area contributed by atoms with Crippen LogP contribution in [0.3, 0.4) is 0 Å². The monoisotopic (exact) mass is 1680 g/mol. The van der Waals surface area contributed by atoms with E-state index in [1.54, 1.807) is 61.5 Å². The van der Waals surface area contributed by atoms with Crippen LogP contribution in [0.15, 0.2) is 164 Å². The Bertz CT molecular complexity index is 5590. The smallest absolute Gasteiger partial charge is 0.257 e. The van der Waals surface area contributed by atoms with Gasteiger partial charge in [-0.05, 0) is 226 Å². The predicted molar refractivity (Wildman–Crippen MR) is 460 cm³/mol. The third kappa shape index (κ3) is 18.6. The van der Waals surface area contributed by atoms with Crippen molar-refractivity contribution in [3.05, 3.63) is 272 Å². The summed E-state index contributed by atoms with van der Waals surface area (Å²) in [5, 5.41) is 2.87. The fourth-order valence-corrected chi connectivity index (χ4v) is 18.0. The quantitative estimate of drug-likeness (QED) is 0.0763. The first-order valence-electron chi connectivity index (χ1n) is 41.1. The molecule has 0 unspecified atom stereocenters. The van der Waals surface area contributed by atoms with Gasteiger partial charge in [0.1, 0.15) is 63.7 Å². The molecule has 3 amide bonds. The molecule has 122 heavy (non-hydrogen) atoms. The van der Waals surface area contributed by atoms with Crippen molar-refractivity contribution in [1.82, 2.24) is 45.0 Å². The number of nitrogens with two attached hydrogens (primary N) is 1. The number of hydrogen-bond acceptors (Lipinski definition) is 17. The highest BCUT2D eigenvalue weighted by molar-refractivity contribution is 6.34. The normalized spacial score (nSPS) is 18.3. The van der Waals surface area contributed by atoms with Gasteiger partial charge in [0.25, 0.3) is 17.7 Å². The van der Waals surface area contributed by atoms with E-state index in [-0.39, 0.29) is 94.8 Å². The number of piperidine rings is 3. The van der Waals surface area contributed by atoms with E-state index < -0.39 is 34.9 Å². The van der Waals surface area contributed by atoms with Gasteiger partial charge in [-0.1, -0.05) is 29.8 Å². The molecule has 6 aromatic heterocycles. The second kappa shape index (κ2) is 37.8. The number of rotatable bonds is 18. The summed E-state index contributed by atoms with van der Waals surface area (Å²) < 4.78 is 109. The number of nitrogens with one attached hydrogen (secondary N) is 1. The van der Waals surface area contributed by atoms with E-state index in [1.165, 1.54) is 106 Å². The number of hydrogen-bond donors (Lipinski definition) is 2. The van der Waals surface area contributed by atoms with Crippen molar-refractivity contribution in [2.75, 3.05) is 48.9 Å². The number of halogens is 7. The number of pyridine rings is 6. The number of benzene rings is 5. The number of fused-ring (bicyclic) bond motifs is 3. The van der Waals surface area contributed by atoms with Crippen LogP contribution in [-0.2, 0) is 45.6 Å². The van der Waals surface area contributed by atoms with Crippen LogP contribution in [-0.4, -0.2) is 122 Å². The van der Waals surface area contributed by atoms with Gasteiger partial charge in [0.2, 0.25) is 0 Å². The number of amides is 3. The van der Waals surface area contributed by atoms with Gasteiger partial charge in [-0.15, -0.1) is 0 Å². The Hall–Kier alpha value is -12.3. The van der Waals surface area contributed by atoms with Gasteiger partial charge >= 0.3 is 0 Å². The lowest BCUT2D eigenvalue weighted by Crippen LogP contribution is -2.43. The van der Waals surface area contributed by atoms with Crippen molar-refractivity contribution >= 4 is 52.2 Å². The minimum Gasteiger partial charge on any atom is -0.497 e. The number of carbonyl (C=O) groups is 3. The molecular weight excluding hydrogens is 1580 g/mol. The largest absolute Gasteiger partial charge is 0.497 e. The van der Waals surface area contributed by atoms with Crippen molar-refractivity contribution < 1.29 is 59.7 Å². The molecule has 11 aromatic rings. The number of ether oxygens (including phenoxy) is 4. The second-order valence-electron chi connectivity index (χ2n) is 31.9. The summed E-state index contributed by atoms with van der Waals surface area (Å²) in [5.74, 6) is -1.96. The molecule has 12 heterocycles. The number of nitrogens with zero attached hydrogens (tertiary/aromatic N) is 11. The van der Waals surface area contributed by atoms with E-state index in [2.05, 4.69) is 105 Å². The molecule has 3 saturated heterocycles. The fraction of sp³-hybridized carbons (Fsp3) is 0.337. The van der Waals surface area contributed by atoms with Gasteiger partial charge < -0.3 is 54.5 Å². The lowest BCUT2D eigenvalue weighted by Gasteiger charge is -2.40. The highest BCUT2D eigenvalue weighted by atomic mass is 35.5. The number of methoxy groups -OCH3 is 4. The number of carbonyl (C=O) groups excluding carboxylic acids is 3. The van der Waals surface area contributed by atoms with Crippen LogP contribution in [0, 0.1) is 34.9 Å². The molecule has 6 aliphatic rings. The van der Waals surface area contributed by atoms with Crippen molar-refractivity contribution in [3.63, 3.8) is 0 Å². The Morgan fingerprint density at radius 1 is 0.410 bits per heavy atom. The first-order valence-corrected chi connectivity index (χ1v) is 41.5. The first kappa shape index (κ1) is 86.1. The SMILES string of the molecule is COc1ccc(CN2Cc3nc(-c4c(F)cccc4F)cc(Cc4ccc(N5[C@H](C)CCC[C@H]5C)cn4)c3C2=O)c(OC)c1.COc1ccc(CN2Cc3nc(-c4c(F)cccc4F)cc(Cl)c3C2=O)c(OC)c1.C[C@@H]1CCC[C@@H](C)N1c1ccc(Cc2cc(-c3c(F)cccc3F)nc3c2C(=O)NC3)nc1.C[C@@H]1CCC[C@@H](C)N1c1ccc(N)nc1. The standard InChI is InChI=1S/C35H36F2N4O3.C26H26F2N4O.C22H17ClF2N2O3.C12H19N3/c1-21-7-5-8-22(2)41(21)26-13-12-25(38-18-26)15-24-16-30(34-28(36)9-6-10-29(34)37)39-31-20-40(35(42)33(24)31)19-23-11-14-27(43-3)17-32(23)44-4;1-15-5-3-6-16(2)32(15)19-10-9-18(29-13-19)11-17-12-22(25-20(27)7-4-8-21(25)28)31-23-14-30-26(33)24(17)23;1-29-13-7-6-12(19(8-13)30-2)10-27-11-18-20(22(27)28)14(23)9-17(26-18)21-15(24)4-3-5-16(21)25;1-9-4-3-5-10(2)15(9)11-6-7-12(13)14-8-11/h6,9-14,16-18,21-22H,5,7-8,15,19-20H2,1-4H3;4,7-10,12-13,15-16H,3,5-6,11,14H2,1-2H3,(H,30,33);3-9H,10-11H2,1-2H3;6-10H,3-5H2,1-2H3,(H2,13,14)/t21-,22-;15-,16-;;9-,10-/m11.1/s1. The Labute approximate surface area is 711 Å². The maximum absolute atomic E-state index is 14.9. The molecule has 634 valence electrons. The van der Waals surface area contributed by atoms with Crippen LogP contribution in [0.5, 0.6) is 23.0 Å². The molecule has 0 spiro atoms.